The Balaban J connectivity index is 2.56. The molecule has 1 unspecified atom stereocenters. The van der Waals surface area contributed by atoms with Crippen LogP contribution >= 0.6 is 11.3 Å². The van der Waals surface area contributed by atoms with E-state index in [0.29, 0.717) is 0 Å². The first-order chi connectivity index (χ1) is 5.20. The van der Waals surface area contributed by atoms with Crippen LogP contribution in [-0.2, 0) is 0 Å². The minimum Gasteiger partial charge on any atom is -0.324 e. The highest BCUT2D eigenvalue weighted by molar-refractivity contribution is 7.07. The van der Waals surface area contributed by atoms with E-state index in [4.69, 9.17) is 5.73 Å². The SMILES string of the molecule is C=C(C)CC(N)c1ccsc1. The molecule has 0 amide bonds. The van der Waals surface area contributed by atoms with Crippen LogP contribution in [0.5, 0.6) is 0 Å². The molecule has 0 saturated carbocycles. The lowest BCUT2D eigenvalue weighted by Crippen LogP contribution is -2.08. The Bertz CT molecular complexity index is 226. The maximum Gasteiger partial charge on any atom is 0.0340 e. The van der Waals surface area contributed by atoms with Crippen LogP contribution in [0.4, 0.5) is 0 Å². The average molecular weight is 167 g/mol. The van der Waals surface area contributed by atoms with Gasteiger partial charge < -0.3 is 5.73 Å². The predicted octanol–water partition coefficient (Wildman–Crippen LogP) is 2.71. The molecule has 1 aromatic rings. The Morgan fingerprint density at radius 3 is 3.00 bits per heavy atom. The van der Waals surface area contributed by atoms with Crippen LogP contribution in [0.1, 0.15) is 24.9 Å². The second-order valence-corrected chi connectivity index (χ2v) is 3.60. The highest BCUT2D eigenvalue weighted by Crippen LogP contribution is 2.19. The molecule has 1 nitrogen and oxygen atoms in total. The summed E-state index contributed by atoms with van der Waals surface area (Å²) in [5, 5.41) is 4.14. The van der Waals surface area contributed by atoms with Gasteiger partial charge in [0.1, 0.15) is 0 Å². The van der Waals surface area contributed by atoms with Gasteiger partial charge in [0, 0.05) is 6.04 Å². The Morgan fingerprint density at radius 2 is 2.55 bits per heavy atom. The van der Waals surface area contributed by atoms with Crippen LogP contribution < -0.4 is 5.73 Å². The molecule has 1 aromatic heterocycles. The van der Waals surface area contributed by atoms with Crippen molar-refractivity contribution in [1.82, 2.24) is 0 Å². The van der Waals surface area contributed by atoms with Crippen molar-refractivity contribution in [2.45, 2.75) is 19.4 Å². The molecule has 1 heterocycles. The monoisotopic (exact) mass is 167 g/mol. The molecule has 11 heavy (non-hydrogen) atoms. The summed E-state index contributed by atoms with van der Waals surface area (Å²) in [6.45, 7) is 5.83. The molecule has 2 N–H and O–H groups in total. The standard InChI is InChI=1S/C9H13NS/c1-7(2)5-9(10)8-3-4-11-6-8/h3-4,6,9H,1,5,10H2,2H3. The van der Waals surface area contributed by atoms with E-state index in [1.165, 1.54) is 5.56 Å². The molecule has 0 spiro atoms. The molecule has 1 atom stereocenters. The zero-order chi connectivity index (χ0) is 8.27. The van der Waals surface area contributed by atoms with Crippen molar-refractivity contribution in [3.05, 3.63) is 34.5 Å². The van der Waals surface area contributed by atoms with Crippen molar-refractivity contribution in [3.8, 4) is 0 Å². The van der Waals surface area contributed by atoms with Gasteiger partial charge in [0.25, 0.3) is 0 Å². The lowest BCUT2D eigenvalue weighted by atomic mass is 10.0. The van der Waals surface area contributed by atoms with Crippen LogP contribution in [0.15, 0.2) is 29.0 Å². The number of rotatable bonds is 3. The quantitative estimate of drug-likeness (QED) is 0.688. The third-order valence-corrected chi connectivity index (χ3v) is 2.24. The Kier molecular flexibility index (Phi) is 2.85. The van der Waals surface area contributed by atoms with Crippen LogP contribution in [0.25, 0.3) is 0 Å². The van der Waals surface area contributed by atoms with Gasteiger partial charge in [-0.1, -0.05) is 5.57 Å². The van der Waals surface area contributed by atoms with Gasteiger partial charge in [-0.15, -0.1) is 6.58 Å². The zero-order valence-electron chi connectivity index (χ0n) is 6.71. The van der Waals surface area contributed by atoms with Crippen LogP contribution in [-0.4, -0.2) is 0 Å². The smallest absolute Gasteiger partial charge is 0.0340 e. The number of hydrogen-bond donors (Lipinski definition) is 1. The summed E-state index contributed by atoms with van der Waals surface area (Å²) in [5.41, 5.74) is 8.25. The van der Waals surface area contributed by atoms with Crippen molar-refractivity contribution >= 4 is 11.3 Å². The summed E-state index contributed by atoms with van der Waals surface area (Å²) in [6, 6.07) is 2.21. The topological polar surface area (TPSA) is 26.0 Å². The molecule has 60 valence electrons. The summed E-state index contributed by atoms with van der Waals surface area (Å²) >= 11 is 1.69. The molecule has 0 aliphatic rings. The maximum absolute atomic E-state index is 5.89. The fraction of sp³-hybridized carbons (Fsp3) is 0.333. The Morgan fingerprint density at radius 1 is 1.82 bits per heavy atom. The van der Waals surface area contributed by atoms with E-state index in [1.807, 2.05) is 12.3 Å². The lowest BCUT2D eigenvalue weighted by molar-refractivity contribution is 0.720. The normalized spacial score (nSPS) is 12.9. The van der Waals surface area contributed by atoms with Crippen LogP contribution in [0.2, 0.25) is 0 Å². The van der Waals surface area contributed by atoms with Gasteiger partial charge in [-0.2, -0.15) is 11.3 Å². The molecule has 2 heteroatoms. The third kappa shape index (κ3) is 2.48. The first kappa shape index (κ1) is 8.50. The minimum atomic E-state index is 0.138. The zero-order valence-corrected chi connectivity index (χ0v) is 7.53. The number of thiophene rings is 1. The molecule has 0 saturated heterocycles. The molecule has 0 aliphatic heterocycles. The van der Waals surface area contributed by atoms with E-state index in [-0.39, 0.29) is 6.04 Å². The molecule has 0 radical (unpaired) electrons. The second-order valence-electron chi connectivity index (χ2n) is 2.82. The molecule has 0 fully saturated rings. The molecule has 0 bridgehead atoms. The lowest BCUT2D eigenvalue weighted by Gasteiger charge is -2.08. The summed E-state index contributed by atoms with van der Waals surface area (Å²) in [4.78, 5) is 0. The van der Waals surface area contributed by atoms with Gasteiger partial charge in [0.15, 0.2) is 0 Å². The fourth-order valence-corrected chi connectivity index (χ4v) is 1.70. The van der Waals surface area contributed by atoms with Gasteiger partial charge >= 0.3 is 0 Å². The average Bonchev–Trinajstić information content (AvgIpc) is 2.35. The summed E-state index contributed by atoms with van der Waals surface area (Å²) in [6.07, 6.45) is 0.886. The summed E-state index contributed by atoms with van der Waals surface area (Å²) in [7, 11) is 0. The first-order valence-corrected chi connectivity index (χ1v) is 4.56. The fourth-order valence-electron chi connectivity index (χ4n) is 0.979. The van der Waals surface area contributed by atoms with Crippen molar-refractivity contribution in [1.29, 1.82) is 0 Å². The van der Waals surface area contributed by atoms with Gasteiger partial charge in [0.05, 0.1) is 0 Å². The van der Waals surface area contributed by atoms with Crippen molar-refractivity contribution in [2.75, 3.05) is 0 Å². The molecule has 0 aliphatic carbocycles. The van der Waals surface area contributed by atoms with Gasteiger partial charge in [0.2, 0.25) is 0 Å². The molecular formula is C9H13NS. The Labute approximate surface area is 71.5 Å². The van der Waals surface area contributed by atoms with Gasteiger partial charge in [-0.3, -0.25) is 0 Å². The molecule has 1 rings (SSSR count). The highest BCUT2D eigenvalue weighted by atomic mass is 32.1. The van der Waals surface area contributed by atoms with Crippen molar-refractivity contribution < 1.29 is 0 Å². The van der Waals surface area contributed by atoms with E-state index in [1.54, 1.807) is 11.3 Å². The van der Waals surface area contributed by atoms with E-state index in [0.717, 1.165) is 12.0 Å². The number of nitrogens with two attached hydrogens (primary N) is 1. The molecular weight excluding hydrogens is 154 g/mol. The van der Waals surface area contributed by atoms with E-state index in [2.05, 4.69) is 18.0 Å². The second kappa shape index (κ2) is 3.69. The number of hydrogen-bond acceptors (Lipinski definition) is 2. The predicted molar refractivity (Wildman–Crippen MR) is 50.7 cm³/mol. The van der Waals surface area contributed by atoms with E-state index in [9.17, 15) is 0 Å². The molecule has 0 aromatic carbocycles. The van der Waals surface area contributed by atoms with E-state index < -0.39 is 0 Å². The minimum absolute atomic E-state index is 0.138. The highest BCUT2D eigenvalue weighted by Gasteiger charge is 2.04. The van der Waals surface area contributed by atoms with E-state index >= 15 is 0 Å². The first-order valence-electron chi connectivity index (χ1n) is 3.62. The maximum atomic E-state index is 5.89. The van der Waals surface area contributed by atoms with Crippen LogP contribution in [0.3, 0.4) is 0 Å². The summed E-state index contributed by atoms with van der Waals surface area (Å²) in [5.74, 6) is 0. The Hall–Kier alpha value is -0.600. The van der Waals surface area contributed by atoms with Crippen molar-refractivity contribution in [2.24, 2.45) is 5.73 Å². The largest absolute Gasteiger partial charge is 0.324 e. The third-order valence-electron chi connectivity index (χ3n) is 1.54. The summed E-state index contributed by atoms with van der Waals surface area (Å²) < 4.78 is 0. The van der Waals surface area contributed by atoms with Crippen molar-refractivity contribution in [3.63, 3.8) is 0 Å². The van der Waals surface area contributed by atoms with Gasteiger partial charge in [-0.25, -0.2) is 0 Å². The van der Waals surface area contributed by atoms with Gasteiger partial charge in [-0.05, 0) is 35.7 Å². The van der Waals surface area contributed by atoms with Crippen LogP contribution in [0, 0.1) is 0 Å².